The molecule has 1 rings (SSSR count). The van der Waals surface area contributed by atoms with Crippen molar-refractivity contribution in [3.8, 4) is 18.2 Å². The van der Waals surface area contributed by atoms with Gasteiger partial charge < -0.3 is 20.5 Å². The molecule has 0 aliphatic carbocycles. The van der Waals surface area contributed by atoms with Crippen molar-refractivity contribution in [2.75, 3.05) is 6.54 Å². The summed E-state index contributed by atoms with van der Waals surface area (Å²) >= 11 is 0. The molecule has 1 aromatic rings. The van der Waals surface area contributed by atoms with E-state index in [1.54, 1.807) is 39.8 Å². The number of hydrogen-bond donors (Lipinski definition) is 3. The van der Waals surface area contributed by atoms with Crippen LogP contribution in [0, 0.1) is 19.4 Å². The van der Waals surface area contributed by atoms with Gasteiger partial charge in [-0.1, -0.05) is 32.3 Å². The number of ether oxygens (including phenoxy) is 1. The van der Waals surface area contributed by atoms with Crippen LogP contribution in [-0.2, 0) is 14.3 Å². The molecule has 8 heteroatoms. The summed E-state index contributed by atoms with van der Waals surface area (Å²) in [6, 6.07) is 4.72. The average molecular weight is 446 g/mol. The standard InChI is InChI=1S/C24H35N3O5/c1-8-10-11-14-25-21(29)20(18-12-13-19(28)16(3)15-18)27(9-2)22(30)17(4)26-23(31)32-24(5,6)7/h2,12-13,15,17,20,28H,8,10-11,14H2,1,3-7H3,(H,25,29)(H,26,31). The van der Waals surface area contributed by atoms with E-state index in [4.69, 9.17) is 11.2 Å². The average Bonchev–Trinajstić information content (AvgIpc) is 2.69. The predicted octanol–water partition coefficient (Wildman–Crippen LogP) is 3.38. The Morgan fingerprint density at radius 2 is 1.91 bits per heavy atom. The van der Waals surface area contributed by atoms with Crippen LogP contribution in [0.15, 0.2) is 18.2 Å². The molecule has 0 aliphatic heterocycles. The number of terminal acetylenes is 1. The number of nitrogens with zero attached hydrogens (tertiary/aromatic N) is 1. The lowest BCUT2D eigenvalue weighted by Crippen LogP contribution is -2.50. The first kappa shape index (κ1) is 26.8. The highest BCUT2D eigenvalue weighted by atomic mass is 16.6. The molecular formula is C24H35N3O5. The fourth-order valence-corrected chi connectivity index (χ4v) is 2.97. The second-order valence-corrected chi connectivity index (χ2v) is 8.65. The number of aryl methyl sites for hydroxylation is 1. The monoisotopic (exact) mass is 445 g/mol. The summed E-state index contributed by atoms with van der Waals surface area (Å²) in [5.41, 5.74) is 0.253. The Labute approximate surface area is 190 Å². The largest absolute Gasteiger partial charge is 0.508 e. The highest BCUT2D eigenvalue weighted by molar-refractivity contribution is 5.93. The highest BCUT2D eigenvalue weighted by Gasteiger charge is 2.34. The number of hydrogen-bond acceptors (Lipinski definition) is 5. The minimum Gasteiger partial charge on any atom is -0.508 e. The normalized spacial score (nSPS) is 12.8. The molecular weight excluding hydrogens is 410 g/mol. The Morgan fingerprint density at radius 3 is 2.44 bits per heavy atom. The number of aromatic hydroxyl groups is 1. The molecule has 0 saturated heterocycles. The predicted molar refractivity (Wildman–Crippen MR) is 123 cm³/mol. The zero-order valence-corrected chi connectivity index (χ0v) is 19.8. The maximum Gasteiger partial charge on any atom is 0.408 e. The van der Waals surface area contributed by atoms with E-state index >= 15 is 0 Å². The SMILES string of the molecule is C#CN(C(=O)C(C)NC(=O)OC(C)(C)C)C(C(=O)NCCCCC)c1ccc(O)c(C)c1. The van der Waals surface area contributed by atoms with Gasteiger partial charge >= 0.3 is 6.09 Å². The van der Waals surface area contributed by atoms with Crippen molar-refractivity contribution in [2.24, 2.45) is 0 Å². The van der Waals surface area contributed by atoms with E-state index in [0.29, 0.717) is 17.7 Å². The molecule has 2 unspecified atom stereocenters. The Kier molecular flexibility index (Phi) is 10.0. The van der Waals surface area contributed by atoms with E-state index in [2.05, 4.69) is 23.6 Å². The van der Waals surface area contributed by atoms with E-state index in [-0.39, 0.29) is 5.75 Å². The van der Waals surface area contributed by atoms with Crippen molar-refractivity contribution >= 4 is 17.9 Å². The van der Waals surface area contributed by atoms with Gasteiger partial charge in [0, 0.05) is 12.6 Å². The van der Waals surface area contributed by atoms with Gasteiger partial charge in [-0.15, -0.1) is 0 Å². The number of rotatable bonds is 9. The summed E-state index contributed by atoms with van der Waals surface area (Å²) in [7, 11) is 0. The maximum atomic E-state index is 13.1. The number of carbonyl (C=O) groups excluding carboxylic acids is 3. The fraction of sp³-hybridized carbons (Fsp3) is 0.542. The van der Waals surface area contributed by atoms with Gasteiger partial charge in [0.1, 0.15) is 23.4 Å². The maximum absolute atomic E-state index is 13.1. The summed E-state index contributed by atoms with van der Waals surface area (Å²) < 4.78 is 5.19. The van der Waals surface area contributed by atoms with Gasteiger partial charge in [-0.25, -0.2) is 4.79 Å². The van der Waals surface area contributed by atoms with Gasteiger partial charge in [-0.2, -0.15) is 0 Å². The van der Waals surface area contributed by atoms with Crippen LogP contribution in [0.4, 0.5) is 4.79 Å². The van der Waals surface area contributed by atoms with Crippen LogP contribution >= 0.6 is 0 Å². The van der Waals surface area contributed by atoms with Crippen molar-refractivity contribution in [1.29, 1.82) is 0 Å². The lowest BCUT2D eigenvalue weighted by atomic mass is 10.0. The summed E-state index contributed by atoms with van der Waals surface area (Å²) in [6.45, 7) is 10.8. The summed E-state index contributed by atoms with van der Waals surface area (Å²) in [6.07, 6.45) is 7.63. The van der Waals surface area contributed by atoms with Crippen LogP contribution in [0.5, 0.6) is 5.75 Å². The molecule has 0 fully saturated rings. The van der Waals surface area contributed by atoms with Crippen molar-refractivity contribution in [3.05, 3.63) is 29.3 Å². The molecule has 0 aromatic heterocycles. The van der Waals surface area contributed by atoms with Crippen molar-refractivity contribution in [1.82, 2.24) is 15.5 Å². The minimum atomic E-state index is -1.13. The van der Waals surface area contributed by atoms with E-state index in [1.165, 1.54) is 13.0 Å². The zero-order valence-electron chi connectivity index (χ0n) is 19.8. The van der Waals surface area contributed by atoms with Crippen LogP contribution in [0.1, 0.15) is 71.0 Å². The Morgan fingerprint density at radius 1 is 1.25 bits per heavy atom. The number of amides is 3. The lowest BCUT2D eigenvalue weighted by molar-refractivity contribution is -0.138. The van der Waals surface area contributed by atoms with Crippen LogP contribution in [-0.4, -0.2) is 46.1 Å². The van der Waals surface area contributed by atoms with Crippen LogP contribution in [0.2, 0.25) is 0 Å². The number of carbonyl (C=O) groups is 3. The van der Waals surface area contributed by atoms with E-state index in [1.807, 2.05) is 0 Å². The number of alkyl carbamates (subject to hydrolysis) is 1. The first-order chi connectivity index (χ1) is 14.9. The van der Waals surface area contributed by atoms with Gasteiger partial charge in [0.05, 0.1) is 0 Å². The number of phenols is 1. The van der Waals surface area contributed by atoms with Gasteiger partial charge in [-0.05, 0) is 64.3 Å². The summed E-state index contributed by atoms with van der Waals surface area (Å²) in [4.78, 5) is 39.2. The summed E-state index contributed by atoms with van der Waals surface area (Å²) in [5.74, 6) is -1.02. The Bertz CT molecular complexity index is 854. The third kappa shape index (κ3) is 8.14. The first-order valence-corrected chi connectivity index (χ1v) is 10.8. The second kappa shape index (κ2) is 12.0. The molecule has 3 amide bonds. The lowest BCUT2D eigenvalue weighted by Gasteiger charge is -2.29. The molecule has 0 heterocycles. The second-order valence-electron chi connectivity index (χ2n) is 8.65. The molecule has 176 valence electrons. The van der Waals surface area contributed by atoms with E-state index in [9.17, 15) is 19.5 Å². The number of phenolic OH excluding ortho intramolecular Hbond substituents is 1. The molecule has 1 aromatic carbocycles. The molecule has 0 saturated carbocycles. The third-order valence-electron chi connectivity index (χ3n) is 4.60. The van der Waals surface area contributed by atoms with Crippen molar-refractivity contribution in [2.45, 2.75) is 78.5 Å². The molecule has 0 bridgehead atoms. The number of benzene rings is 1. The quantitative estimate of drug-likeness (QED) is 0.307. The first-order valence-electron chi connectivity index (χ1n) is 10.8. The highest BCUT2D eigenvalue weighted by Crippen LogP contribution is 2.26. The Hall–Kier alpha value is -3.21. The van der Waals surface area contributed by atoms with Crippen LogP contribution in [0.25, 0.3) is 0 Å². The number of unbranched alkanes of at least 4 members (excludes halogenated alkanes) is 2. The topological polar surface area (TPSA) is 108 Å². The van der Waals surface area contributed by atoms with Gasteiger partial charge in [0.15, 0.2) is 0 Å². The number of nitrogens with one attached hydrogen (secondary N) is 2. The smallest absolute Gasteiger partial charge is 0.408 e. The molecule has 2 atom stereocenters. The van der Waals surface area contributed by atoms with Crippen LogP contribution < -0.4 is 10.6 Å². The molecule has 0 aliphatic rings. The molecule has 0 radical (unpaired) electrons. The molecule has 8 nitrogen and oxygen atoms in total. The Balaban J connectivity index is 3.16. The molecule has 0 spiro atoms. The zero-order chi connectivity index (χ0) is 24.5. The van der Waals surface area contributed by atoms with Crippen molar-refractivity contribution < 1.29 is 24.2 Å². The molecule has 32 heavy (non-hydrogen) atoms. The van der Waals surface area contributed by atoms with E-state index in [0.717, 1.165) is 24.2 Å². The van der Waals surface area contributed by atoms with Gasteiger partial charge in [0.25, 0.3) is 5.91 Å². The fourth-order valence-electron chi connectivity index (χ4n) is 2.97. The van der Waals surface area contributed by atoms with Crippen LogP contribution in [0.3, 0.4) is 0 Å². The van der Waals surface area contributed by atoms with Crippen molar-refractivity contribution in [3.63, 3.8) is 0 Å². The summed E-state index contributed by atoms with van der Waals surface area (Å²) in [5, 5.41) is 15.2. The third-order valence-corrected chi connectivity index (χ3v) is 4.60. The van der Waals surface area contributed by atoms with Gasteiger partial charge in [-0.3, -0.25) is 14.5 Å². The van der Waals surface area contributed by atoms with Gasteiger partial charge in [0.2, 0.25) is 5.91 Å². The molecule has 3 N–H and O–H groups in total. The minimum absolute atomic E-state index is 0.0643. The van der Waals surface area contributed by atoms with E-state index < -0.39 is 35.6 Å².